The number of hydrogen-bond acceptors (Lipinski definition) is 4. The van der Waals surface area contributed by atoms with Crippen LogP contribution in [0, 0.1) is 18.3 Å². The number of hydrogen-bond donors (Lipinski definition) is 1. The van der Waals surface area contributed by atoms with E-state index in [0.29, 0.717) is 10.7 Å². The van der Waals surface area contributed by atoms with E-state index in [0.717, 1.165) is 16.5 Å². The Balaban J connectivity index is 2.24. The van der Waals surface area contributed by atoms with Gasteiger partial charge in [0.15, 0.2) is 0 Å². The predicted molar refractivity (Wildman–Crippen MR) is 77.5 cm³/mol. The maximum atomic E-state index is 11.1. The van der Waals surface area contributed by atoms with Gasteiger partial charge in [-0.05, 0) is 24.6 Å². The molecule has 0 saturated heterocycles. The van der Waals surface area contributed by atoms with Crippen molar-refractivity contribution in [1.82, 2.24) is 10.4 Å². The van der Waals surface area contributed by atoms with E-state index >= 15 is 0 Å². The number of nitrogens with one attached hydrogen (secondary N) is 1. The smallest absolute Gasteiger partial charge is 0.254 e. The van der Waals surface area contributed by atoms with Gasteiger partial charge in [0.2, 0.25) is 0 Å². The Morgan fingerprint density at radius 2 is 2.35 bits per heavy atom. The quantitative estimate of drug-likeness (QED) is 0.535. The lowest BCUT2D eigenvalue weighted by atomic mass is 10.1. The van der Waals surface area contributed by atoms with Crippen LogP contribution in [0.5, 0.6) is 0 Å². The summed E-state index contributed by atoms with van der Waals surface area (Å²) in [6.07, 6.45) is 1.17. The summed E-state index contributed by atoms with van der Waals surface area (Å²) >= 11 is 6.06. The van der Waals surface area contributed by atoms with Crippen molar-refractivity contribution in [1.29, 1.82) is 5.26 Å². The molecule has 0 saturated carbocycles. The van der Waals surface area contributed by atoms with Crippen LogP contribution in [0.4, 0.5) is 0 Å². The standard InChI is InChI=1S/C14H11ClN4O/c1-9-2-3-10-7-11(14(15)18-12(10)6-9)8-17-19-13(20)4-5-16/h2-3,6-8H,4H2,1H3,(H,19,20)/b17-8+. The van der Waals surface area contributed by atoms with E-state index < -0.39 is 5.91 Å². The highest BCUT2D eigenvalue weighted by molar-refractivity contribution is 6.32. The van der Waals surface area contributed by atoms with Crippen LogP contribution in [0.15, 0.2) is 29.4 Å². The Kier molecular flexibility index (Phi) is 4.28. The summed E-state index contributed by atoms with van der Waals surface area (Å²) in [7, 11) is 0. The number of pyridine rings is 1. The van der Waals surface area contributed by atoms with Gasteiger partial charge in [0.05, 0.1) is 17.8 Å². The first-order valence-electron chi connectivity index (χ1n) is 5.86. The molecule has 2 aromatic rings. The number of carbonyl (C=O) groups excluding carboxylic acids is 1. The minimum absolute atomic E-state index is 0.236. The molecule has 0 spiro atoms. The molecule has 0 aliphatic rings. The van der Waals surface area contributed by atoms with Crippen LogP contribution in [0.25, 0.3) is 10.9 Å². The number of hydrazone groups is 1. The number of aromatic nitrogens is 1. The molecule has 0 radical (unpaired) electrons. The molecule has 0 unspecified atom stereocenters. The summed E-state index contributed by atoms with van der Waals surface area (Å²) < 4.78 is 0. The summed E-state index contributed by atoms with van der Waals surface area (Å²) in [4.78, 5) is 15.4. The lowest BCUT2D eigenvalue weighted by Gasteiger charge is -2.03. The van der Waals surface area contributed by atoms with E-state index in [-0.39, 0.29) is 6.42 Å². The molecule has 6 heteroatoms. The zero-order valence-corrected chi connectivity index (χ0v) is 11.5. The fourth-order valence-corrected chi connectivity index (χ4v) is 1.84. The minimum Gasteiger partial charge on any atom is -0.272 e. The van der Waals surface area contributed by atoms with E-state index in [2.05, 4.69) is 15.5 Å². The molecule has 100 valence electrons. The summed E-state index contributed by atoms with van der Waals surface area (Å²) in [6, 6.07) is 9.44. The van der Waals surface area contributed by atoms with Crippen LogP contribution in [-0.2, 0) is 4.79 Å². The topological polar surface area (TPSA) is 78.1 Å². The monoisotopic (exact) mass is 286 g/mol. The Morgan fingerprint density at radius 1 is 1.55 bits per heavy atom. The Morgan fingerprint density at radius 3 is 3.10 bits per heavy atom. The zero-order chi connectivity index (χ0) is 14.5. The Bertz CT molecular complexity index is 734. The van der Waals surface area contributed by atoms with Gasteiger partial charge >= 0.3 is 0 Å². The lowest BCUT2D eigenvalue weighted by Crippen LogP contribution is -2.16. The maximum Gasteiger partial charge on any atom is 0.254 e. The first-order chi connectivity index (χ1) is 9.60. The number of aryl methyl sites for hydroxylation is 1. The first kappa shape index (κ1) is 14.0. The molecular formula is C14H11ClN4O. The molecule has 2 rings (SSSR count). The summed E-state index contributed by atoms with van der Waals surface area (Å²) in [5, 5.41) is 13.3. The van der Waals surface area contributed by atoms with Crippen LogP contribution in [0.1, 0.15) is 17.5 Å². The van der Waals surface area contributed by atoms with Gasteiger partial charge in [0.1, 0.15) is 11.6 Å². The molecule has 5 nitrogen and oxygen atoms in total. The van der Waals surface area contributed by atoms with Gasteiger partial charge in [-0.3, -0.25) is 4.79 Å². The van der Waals surface area contributed by atoms with Crippen LogP contribution < -0.4 is 5.43 Å². The number of amides is 1. The third kappa shape index (κ3) is 3.31. The van der Waals surface area contributed by atoms with Crippen LogP contribution in [-0.4, -0.2) is 17.1 Å². The van der Waals surface area contributed by atoms with Crippen molar-refractivity contribution in [3.63, 3.8) is 0 Å². The van der Waals surface area contributed by atoms with Crippen molar-refractivity contribution in [3.8, 4) is 6.07 Å². The van der Waals surface area contributed by atoms with E-state index in [4.69, 9.17) is 16.9 Å². The molecule has 0 atom stereocenters. The number of carbonyl (C=O) groups is 1. The van der Waals surface area contributed by atoms with Crippen LogP contribution in [0.3, 0.4) is 0 Å². The highest BCUT2D eigenvalue weighted by Crippen LogP contribution is 2.20. The van der Waals surface area contributed by atoms with Crippen molar-refractivity contribution in [2.75, 3.05) is 0 Å². The normalized spacial score (nSPS) is 10.7. The highest BCUT2D eigenvalue weighted by atomic mass is 35.5. The second-order valence-corrected chi connectivity index (χ2v) is 4.55. The molecule has 1 amide bonds. The van der Waals surface area contributed by atoms with Gasteiger partial charge in [-0.15, -0.1) is 0 Å². The molecular weight excluding hydrogens is 276 g/mol. The third-order valence-electron chi connectivity index (χ3n) is 2.59. The molecule has 0 aliphatic carbocycles. The van der Waals surface area contributed by atoms with Gasteiger partial charge in [-0.1, -0.05) is 23.7 Å². The van der Waals surface area contributed by atoms with Gasteiger partial charge in [0, 0.05) is 10.9 Å². The molecule has 1 heterocycles. The second kappa shape index (κ2) is 6.13. The number of benzene rings is 1. The van der Waals surface area contributed by atoms with Crippen molar-refractivity contribution < 1.29 is 4.79 Å². The highest BCUT2D eigenvalue weighted by Gasteiger charge is 2.04. The van der Waals surface area contributed by atoms with E-state index in [1.165, 1.54) is 6.21 Å². The maximum absolute atomic E-state index is 11.1. The lowest BCUT2D eigenvalue weighted by molar-refractivity contribution is -0.120. The molecule has 1 N–H and O–H groups in total. The van der Waals surface area contributed by atoms with Crippen LogP contribution >= 0.6 is 11.6 Å². The SMILES string of the molecule is Cc1ccc2cc(/C=N/NC(=O)CC#N)c(Cl)nc2c1. The number of nitriles is 1. The minimum atomic E-state index is -0.468. The van der Waals surface area contributed by atoms with Gasteiger partial charge in [-0.25, -0.2) is 10.4 Å². The predicted octanol–water partition coefficient (Wildman–Crippen LogP) is 2.56. The number of rotatable bonds is 3. The molecule has 0 fully saturated rings. The van der Waals surface area contributed by atoms with Gasteiger partial charge < -0.3 is 0 Å². The van der Waals surface area contributed by atoms with Gasteiger partial charge in [-0.2, -0.15) is 10.4 Å². The van der Waals surface area contributed by atoms with Gasteiger partial charge in [0.25, 0.3) is 5.91 Å². The molecule has 0 bridgehead atoms. The van der Waals surface area contributed by atoms with Crippen molar-refractivity contribution in [3.05, 3.63) is 40.5 Å². The fourth-order valence-electron chi connectivity index (χ4n) is 1.65. The number of fused-ring (bicyclic) bond motifs is 1. The van der Waals surface area contributed by atoms with E-state index in [9.17, 15) is 4.79 Å². The number of nitrogens with zero attached hydrogens (tertiary/aromatic N) is 3. The zero-order valence-electron chi connectivity index (χ0n) is 10.7. The summed E-state index contributed by atoms with van der Waals surface area (Å²) in [6.45, 7) is 1.98. The van der Waals surface area contributed by atoms with Crippen molar-refractivity contribution >= 4 is 34.6 Å². The summed E-state index contributed by atoms with van der Waals surface area (Å²) in [5.74, 6) is -0.468. The van der Waals surface area contributed by atoms with E-state index in [1.54, 1.807) is 6.07 Å². The molecule has 20 heavy (non-hydrogen) atoms. The van der Waals surface area contributed by atoms with Crippen molar-refractivity contribution in [2.24, 2.45) is 5.10 Å². The molecule has 1 aromatic heterocycles. The molecule has 1 aromatic carbocycles. The third-order valence-corrected chi connectivity index (χ3v) is 2.89. The second-order valence-electron chi connectivity index (χ2n) is 4.19. The average molecular weight is 287 g/mol. The number of halogens is 1. The molecule has 0 aliphatic heterocycles. The first-order valence-corrected chi connectivity index (χ1v) is 6.23. The average Bonchev–Trinajstić information content (AvgIpc) is 2.40. The van der Waals surface area contributed by atoms with E-state index in [1.807, 2.05) is 31.2 Å². The van der Waals surface area contributed by atoms with Crippen molar-refractivity contribution in [2.45, 2.75) is 13.3 Å². The summed E-state index contributed by atoms with van der Waals surface area (Å²) in [5.41, 5.74) is 4.74. The largest absolute Gasteiger partial charge is 0.272 e. The fraction of sp³-hybridized carbons (Fsp3) is 0.143. The Hall–Kier alpha value is -2.45. The van der Waals surface area contributed by atoms with Crippen LogP contribution in [0.2, 0.25) is 5.15 Å². The Labute approximate surface area is 120 Å².